The summed E-state index contributed by atoms with van der Waals surface area (Å²) in [4.78, 5) is 2.26. The highest BCUT2D eigenvalue weighted by atomic mass is 32.5. The molecule has 7 heteroatoms. The standard InChI is InChI=1S/C25H27N2O2PS2/c1-19-4-10-22(11-5-19)18-27-16-17-32-25(27)26-30(31,28-23-12-6-20(2)7-13-23)29-24-14-8-21(3)9-15-24/h4-15H,16-18H2,1-3H3/b26-25+. The van der Waals surface area contributed by atoms with E-state index in [-0.39, 0.29) is 0 Å². The van der Waals surface area contributed by atoms with Gasteiger partial charge in [0.1, 0.15) is 11.5 Å². The van der Waals surface area contributed by atoms with Crippen LogP contribution in [0, 0.1) is 20.8 Å². The van der Waals surface area contributed by atoms with Crippen molar-refractivity contribution >= 4 is 35.4 Å². The zero-order valence-electron chi connectivity index (χ0n) is 18.5. The van der Waals surface area contributed by atoms with Crippen molar-refractivity contribution in [1.82, 2.24) is 4.90 Å². The molecule has 0 aliphatic carbocycles. The zero-order chi connectivity index (χ0) is 22.6. The summed E-state index contributed by atoms with van der Waals surface area (Å²) in [7, 11) is 0. The van der Waals surface area contributed by atoms with Crippen molar-refractivity contribution in [1.29, 1.82) is 0 Å². The van der Waals surface area contributed by atoms with Gasteiger partial charge in [0.05, 0.1) is 0 Å². The van der Waals surface area contributed by atoms with Gasteiger partial charge in [0.15, 0.2) is 5.17 Å². The Morgan fingerprint density at radius 2 is 1.28 bits per heavy atom. The Bertz CT molecular complexity index is 1080. The number of amidine groups is 1. The third-order valence-corrected chi connectivity index (χ3v) is 8.19. The average molecular weight is 483 g/mol. The van der Waals surface area contributed by atoms with E-state index in [0.717, 1.165) is 35.1 Å². The van der Waals surface area contributed by atoms with Crippen molar-refractivity contribution in [2.24, 2.45) is 4.76 Å². The van der Waals surface area contributed by atoms with Gasteiger partial charge in [-0.05, 0) is 50.6 Å². The molecule has 0 spiro atoms. The van der Waals surface area contributed by atoms with Crippen LogP contribution < -0.4 is 9.05 Å². The number of hydrogen-bond donors (Lipinski definition) is 0. The van der Waals surface area contributed by atoms with Crippen LogP contribution in [0.2, 0.25) is 0 Å². The van der Waals surface area contributed by atoms with Gasteiger partial charge in [-0.25, -0.2) is 0 Å². The molecule has 0 amide bonds. The topological polar surface area (TPSA) is 34.1 Å². The summed E-state index contributed by atoms with van der Waals surface area (Å²) in [6.45, 7) is 4.86. The Balaban J connectivity index is 1.62. The number of thioether (sulfide) groups is 1. The van der Waals surface area contributed by atoms with E-state index in [2.05, 4.69) is 36.1 Å². The second-order valence-corrected chi connectivity index (χ2v) is 11.9. The molecule has 0 radical (unpaired) electrons. The van der Waals surface area contributed by atoms with Crippen LogP contribution in [0.4, 0.5) is 0 Å². The molecule has 0 atom stereocenters. The van der Waals surface area contributed by atoms with Crippen molar-refractivity contribution in [3.63, 3.8) is 0 Å². The Hall–Kier alpha value is -2.27. The van der Waals surface area contributed by atoms with E-state index in [9.17, 15) is 0 Å². The van der Waals surface area contributed by atoms with Crippen molar-refractivity contribution in [2.75, 3.05) is 12.3 Å². The largest absolute Gasteiger partial charge is 0.419 e. The molecule has 1 aliphatic rings. The van der Waals surface area contributed by atoms with E-state index < -0.39 is 6.64 Å². The smallest absolute Gasteiger partial charge is 0.416 e. The molecule has 4 rings (SSSR count). The molecule has 166 valence electrons. The highest BCUT2D eigenvalue weighted by Crippen LogP contribution is 2.51. The lowest BCUT2D eigenvalue weighted by Gasteiger charge is -2.23. The summed E-state index contributed by atoms with van der Waals surface area (Å²) < 4.78 is 17.4. The van der Waals surface area contributed by atoms with Crippen LogP contribution in [0.25, 0.3) is 0 Å². The molecule has 1 heterocycles. The lowest BCUT2D eigenvalue weighted by Crippen LogP contribution is -2.24. The molecule has 4 nitrogen and oxygen atoms in total. The Morgan fingerprint density at radius 1 is 0.812 bits per heavy atom. The quantitative estimate of drug-likeness (QED) is 0.342. The Morgan fingerprint density at radius 3 is 1.78 bits per heavy atom. The summed E-state index contributed by atoms with van der Waals surface area (Å²) in [5, 5.41) is 0.883. The fourth-order valence-corrected chi connectivity index (χ4v) is 6.74. The van der Waals surface area contributed by atoms with Gasteiger partial charge in [-0.3, -0.25) is 0 Å². The third-order valence-electron chi connectivity index (χ3n) is 5.05. The third kappa shape index (κ3) is 6.16. The van der Waals surface area contributed by atoms with E-state index in [4.69, 9.17) is 25.6 Å². The first-order chi connectivity index (χ1) is 15.4. The van der Waals surface area contributed by atoms with Crippen LogP contribution in [0.3, 0.4) is 0 Å². The molecule has 3 aromatic carbocycles. The SMILES string of the molecule is Cc1ccc(CN2CCS/C2=N/P(=S)(Oc2ccc(C)cc2)Oc2ccc(C)cc2)cc1. The van der Waals surface area contributed by atoms with Gasteiger partial charge >= 0.3 is 6.64 Å². The lowest BCUT2D eigenvalue weighted by molar-refractivity contribution is 0.453. The summed E-state index contributed by atoms with van der Waals surface area (Å²) in [6, 6.07) is 24.3. The van der Waals surface area contributed by atoms with Gasteiger partial charge in [0.25, 0.3) is 0 Å². The molecule has 1 aliphatic heterocycles. The summed E-state index contributed by atoms with van der Waals surface area (Å²) in [5.74, 6) is 2.31. The first-order valence-corrected chi connectivity index (χ1v) is 14.1. The predicted octanol–water partition coefficient (Wildman–Crippen LogP) is 6.90. The van der Waals surface area contributed by atoms with Gasteiger partial charge in [-0.1, -0.05) is 77.0 Å². The molecule has 0 aromatic heterocycles. The molecule has 1 saturated heterocycles. The van der Waals surface area contributed by atoms with E-state index in [1.807, 2.05) is 62.4 Å². The van der Waals surface area contributed by atoms with Crippen LogP contribution in [-0.2, 0) is 18.4 Å². The lowest BCUT2D eigenvalue weighted by atomic mass is 10.1. The minimum Gasteiger partial charge on any atom is -0.419 e. The number of aryl methyl sites for hydroxylation is 3. The van der Waals surface area contributed by atoms with Crippen LogP contribution in [0.15, 0.2) is 77.6 Å². The normalized spacial score (nSPS) is 15.2. The molecule has 0 saturated carbocycles. The number of hydrogen-bond acceptors (Lipinski definition) is 4. The maximum absolute atomic E-state index is 6.24. The summed E-state index contributed by atoms with van der Waals surface area (Å²) >= 11 is 7.64. The van der Waals surface area contributed by atoms with E-state index >= 15 is 0 Å². The highest BCUT2D eigenvalue weighted by molar-refractivity contribution is 8.15. The Labute approximate surface area is 199 Å². The minimum absolute atomic E-state index is 0.670. The van der Waals surface area contributed by atoms with Gasteiger partial charge < -0.3 is 13.9 Å². The maximum Gasteiger partial charge on any atom is 0.416 e. The van der Waals surface area contributed by atoms with Gasteiger partial charge in [0, 0.05) is 30.6 Å². The molecule has 3 aromatic rings. The minimum atomic E-state index is -3.03. The van der Waals surface area contributed by atoms with E-state index in [0.29, 0.717) is 11.5 Å². The van der Waals surface area contributed by atoms with E-state index in [1.54, 1.807) is 11.8 Å². The predicted molar refractivity (Wildman–Crippen MR) is 139 cm³/mol. The fourth-order valence-electron chi connectivity index (χ4n) is 3.22. The second-order valence-electron chi connectivity index (χ2n) is 7.92. The van der Waals surface area contributed by atoms with Gasteiger partial charge in [0.2, 0.25) is 0 Å². The van der Waals surface area contributed by atoms with Gasteiger partial charge in [-0.2, -0.15) is 4.76 Å². The molecule has 0 N–H and O–H groups in total. The van der Waals surface area contributed by atoms with Crippen LogP contribution >= 0.6 is 18.4 Å². The molecule has 1 fully saturated rings. The average Bonchev–Trinajstić information content (AvgIpc) is 3.19. The molecular weight excluding hydrogens is 455 g/mol. The van der Waals surface area contributed by atoms with Crippen molar-refractivity contribution in [3.8, 4) is 11.5 Å². The summed E-state index contributed by atoms with van der Waals surface area (Å²) in [5.41, 5.74) is 4.82. The number of benzene rings is 3. The van der Waals surface area contributed by atoms with Crippen LogP contribution in [-0.4, -0.2) is 22.4 Å². The fraction of sp³-hybridized carbons (Fsp3) is 0.240. The first kappa shape index (κ1) is 22.9. The van der Waals surface area contributed by atoms with Gasteiger partial charge in [-0.15, -0.1) is 0 Å². The molecule has 0 unspecified atom stereocenters. The number of rotatable bonds is 7. The molecular formula is C25H27N2O2PS2. The number of nitrogens with zero attached hydrogens (tertiary/aromatic N) is 2. The second kappa shape index (κ2) is 10.1. The monoisotopic (exact) mass is 482 g/mol. The van der Waals surface area contributed by atoms with Crippen molar-refractivity contribution in [2.45, 2.75) is 27.3 Å². The highest BCUT2D eigenvalue weighted by Gasteiger charge is 2.28. The maximum atomic E-state index is 6.24. The molecule has 0 bridgehead atoms. The van der Waals surface area contributed by atoms with Crippen LogP contribution in [0.1, 0.15) is 22.3 Å². The van der Waals surface area contributed by atoms with E-state index in [1.165, 1.54) is 11.1 Å². The summed E-state index contributed by atoms with van der Waals surface area (Å²) in [6.07, 6.45) is 0. The Kier molecular flexibility index (Phi) is 7.24. The van der Waals surface area contributed by atoms with Crippen molar-refractivity contribution < 1.29 is 9.05 Å². The van der Waals surface area contributed by atoms with Crippen LogP contribution in [0.5, 0.6) is 11.5 Å². The van der Waals surface area contributed by atoms with Crippen molar-refractivity contribution in [3.05, 3.63) is 95.1 Å². The first-order valence-electron chi connectivity index (χ1n) is 10.5. The zero-order valence-corrected chi connectivity index (χ0v) is 21.1. The molecule has 32 heavy (non-hydrogen) atoms.